The Bertz CT molecular complexity index is 1650. The van der Waals surface area contributed by atoms with Gasteiger partial charge in [-0.15, -0.1) is 5.10 Å². The molecule has 0 radical (unpaired) electrons. The molecule has 0 unspecified atom stereocenters. The number of para-hydroxylation sites is 1. The molecule has 6 rings (SSSR count). The monoisotopic (exact) mass is 516 g/mol. The number of rotatable bonds is 5. The minimum absolute atomic E-state index is 0.0616. The standard InChI is InChI=1S/C31H28N6O2/c1-21-28(34-37(33-21)25-16-10-5-11-17-25)31(39)35-19-18-26-27(20-35)32-22(2)36(30(26)38)29(23-12-6-3-7-13-23)24-14-8-4-9-15-24/h3-17,29H,18-20H2,1-2H3. The Balaban J connectivity index is 1.34. The van der Waals surface area contributed by atoms with Crippen molar-refractivity contribution in [2.24, 2.45) is 0 Å². The van der Waals surface area contributed by atoms with Gasteiger partial charge < -0.3 is 4.90 Å². The number of hydrogen-bond acceptors (Lipinski definition) is 5. The lowest BCUT2D eigenvalue weighted by molar-refractivity contribution is 0.0723. The molecule has 0 bridgehead atoms. The van der Waals surface area contributed by atoms with Crippen LogP contribution < -0.4 is 5.56 Å². The van der Waals surface area contributed by atoms with E-state index in [2.05, 4.69) is 10.2 Å². The Morgan fingerprint density at radius 2 is 1.41 bits per heavy atom. The number of benzene rings is 3. The van der Waals surface area contributed by atoms with E-state index >= 15 is 0 Å². The topological polar surface area (TPSA) is 85.9 Å². The molecule has 3 aromatic carbocycles. The van der Waals surface area contributed by atoms with Crippen molar-refractivity contribution in [2.75, 3.05) is 6.54 Å². The Morgan fingerprint density at radius 1 is 0.821 bits per heavy atom. The zero-order valence-corrected chi connectivity index (χ0v) is 21.9. The van der Waals surface area contributed by atoms with E-state index in [9.17, 15) is 9.59 Å². The average Bonchev–Trinajstić information content (AvgIpc) is 3.37. The largest absolute Gasteiger partial charge is 0.331 e. The first-order chi connectivity index (χ1) is 19.0. The van der Waals surface area contributed by atoms with Crippen molar-refractivity contribution in [1.29, 1.82) is 0 Å². The molecular formula is C31H28N6O2. The summed E-state index contributed by atoms with van der Waals surface area (Å²) >= 11 is 0. The second-order valence-corrected chi connectivity index (χ2v) is 9.72. The molecule has 5 aromatic rings. The number of carbonyl (C=O) groups excluding carboxylic acids is 1. The van der Waals surface area contributed by atoms with Crippen LogP contribution in [-0.2, 0) is 13.0 Å². The molecule has 8 nitrogen and oxygen atoms in total. The fourth-order valence-corrected chi connectivity index (χ4v) is 5.26. The molecule has 0 fully saturated rings. The molecule has 1 amide bonds. The Kier molecular flexibility index (Phi) is 6.36. The van der Waals surface area contributed by atoms with Crippen LogP contribution in [0.4, 0.5) is 0 Å². The summed E-state index contributed by atoms with van der Waals surface area (Å²) in [5, 5.41) is 8.93. The molecule has 0 N–H and O–H groups in total. The smallest absolute Gasteiger partial charge is 0.276 e. The number of aryl methyl sites for hydroxylation is 2. The fraction of sp³-hybridized carbons (Fsp3) is 0.194. The van der Waals surface area contributed by atoms with Crippen molar-refractivity contribution in [3.8, 4) is 5.69 Å². The first kappa shape index (κ1) is 24.5. The zero-order chi connectivity index (χ0) is 26.9. The van der Waals surface area contributed by atoms with Gasteiger partial charge in [0.15, 0.2) is 5.69 Å². The summed E-state index contributed by atoms with van der Waals surface area (Å²) < 4.78 is 1.79. The molecule has 2 aromatic heterocycles. The Labute approximate surface area is 226 Å². The molecule has 1 aliphatic heterocycles. The summed E-state index contributed by atoms with van der Waals surface area (Å²) in [6, 6.07) is 29.2. The van der Waals surface area contributed by atoms with Crippen LogP contribution in [0.2, 0.25) is 0 Å². The van der Waals surface area contributed by atoms with E-state index in [0.29, 0.717) is 41.4 Å². The Hall–Kier alpha value is -4.85. The maximum atomic E-state index is 14.0. The van der Waals surface area contributed by atoms with E-state index in [1.807, 2.05) is 97.9 Å². The van der Waals surface area contributed by atoms with Gasteiger partial charge in [0.1, 0.15) is 5.82 Å². The van der Waals surface area contributed by atoms with Crippen LogP contribution in [0, 0.1) is 13.8 Å². The summed E-state index contributed by atoms with van der Waals surface area (Å²) in [4.78, 5) is 35.5. The van der Waals surface area contributed by atoms with Gasteiger partial charge in [-0.25, -0.2) is 4.98 Å². The molecule has 194 valence electrons. The Morgan fingerprint density at radius 3 is 2.03 bits per heavy atom. The number of aromatic nitrogens is 5. The third kappa shape index (κ3) is 4.54. The lowest BCUT2D eigenvalue weighted by Crippen LogP contribution is -2.42. The quantitative estimate of drug-likeness (QED) is 0.348. The van der Waals surface area contributed by atoms with Crippen molar-refractivity contribution >= 4 is 5.91 Å². The van der Waals surface area contributed by atoms with E-state index in [0.717, 1.165) is 16.8 Å². The summed E-state index contributed by atoms with van der Waals surface area (Å²) in [7, 11) is 0. The highest BCUT2D eigenvalue weighted by Gasteiger charge is 2.30. The van der Waals surface area contributed by atoms with Gasteiger partial charge in [-0.3, -0.25) is 14.2 Å². The number of nitrogens with zero attached hydrogens (tertiary/aromatic N) is 6. The molecular weight excluding hydrogens is 488 g/mol. The number of carbonyl (C=O) groups is 1. The van der Waals surface area contributed by atoms with Crippen LogP contribution in [0.5, 0.6) is 0 Å². The van der Waals surface area contributed by atoms with Gasteiger partial charge in [-0.05, 0) is 43.5 Å². The van der Waals surface area contributed by atoms with E-state index in [-0.39, 0.29) is 24.1 Å². The van der Waals surface area contributed by atoms with E-state index < -0.39 is 0 Å². The van der Waals surface area contributed by atoms with E-state index in [1.54, 1.807) is 16.4 Å². The SMILES string of the molecule is Cc1nn(-c2ccccc2)nc1C(=O)N1CCc2c(nc(C)n(C(c3ccccc3)c3ccccc3)c2=O)C1. The molecule has 3 heterocycles. The maximum absolute atomic E-state index is 14.0. The van der Waals surface area contributed by atoms with Crippen LogP contribution in [0.25, 0.3) is 5.69 Å². The number of fused-ring (bicyclic) bond motifs is 1. The molecule has 0 atom stereocenters. The highest BCUT2D eigenvalue weighted by atomic mass is 16.2. The van der Waals surface area contributed by atoms with Crippen molar-refractivity contribution in [3.05, 3.63) is 141 Å². The van der Waals surface area contributed by atoms with Crippen molar-refractivity contribution in [3.63, 3.8) is 0 Å². The molecule has 0 saturated heterocycles. The lowest BCUT2D eigenvalue weighted by atomic mass is 9.97. The number of hydrogen-bond donors (Lipinski definition) is 0. The summed E-state index contributed by atoms with van der Waals surface area (Å²) in [5.74, 6) is 0.396. The second-order valence-electron chi connectivity index (χ2n) is 9.72. The van der Waals surface area contributed by atoms with Gasteiger partial charge in [0.2, 0.25) is 0 Å². The third-order valence-corrected chi connectivity index (χ3v) is 7.19. The molecule has 39 heavy (non-hydrogen) atoms. The third-order valence-electron chi connectivity index (χ3n) is 7.19. The van der Waals surface area contributed by atoms with Gasteiger partial charge in [0.05, 0.1) is 29.7 Å². The summed E-state index contributed by atoms with van der Waals surface area (Å²) in [5.41, 5.74) is 4.91. The van der Waals surface area contributed by atoms with Crippen molar-refractivity contribution in [2.45, 2.75) is 32.9 Å². The lowest BCUT2D eigenvalue weighted by Gasteiger charge is -2.30. The minimum Gasteiger partial charge on any atom is -0.331 e. The van der Waals surface area contributed by atoms with Gasteiger partial charge in [-0.1, -0.05) is 78.9 Å². The van der Waals surface area contributed by atoms with Crippen LogP contribution in [0.15, 0.2) is 95.8 Å². The minimum atomic E-state index is -0.298. The zero-order valence-electron chi connectivity index (χ0n) is 21.9. The molecule has 0 aliphatic carbocycles. The summed E-state index contributed by atoms with van der Waals surface area (Å²) in [6.07, 6.45) is 0.426. The first-order valence-corrected chi connectivity index (χ1v) is 13.0. The predicted octanol–water partition coefficient (Wildman–Crippen LogP) is 4.28. The van der Waals surface area contributed by atoms with Crippen molar-refractivity contribution < 1.29 is 4.79 Å². The van der Waals surface area contributed by atoms with Gasteiger partial charge in [-0.2, -0.15) is 9.90 Å². The fourth-order valence-electron chi connectivity index (χ4n) is 5.26. The first-order valence-electron chi connectivity index (χ1n) is 13.0. The van der Waals surface area contributed by atoms with E-state index in [4.69, 9.17) is 4.98 Å². The number of amides is 1. The average molecular weight is 517 g/mol. The highest BCUT2D eigenvalue weighted by Crippen LogP contribution is 2.27. The van der Waals surface area contributed by atoms with Gasteiger partial charge in [0, 0.05) is 12.1 Å². The van der Waals surface area contributed by atoms with Crippen LogP contribution in [-0.4, -0.2) is 41.9 Å². The van der Waals surface area contributed by atoms with Gasteiger partial charge in [0.25, 0.3) is 11.5 Å². The normalized spacial score (nSPS) is 12.9. The second kappa shape index (κ2) is 10.1. The van der Waals surface area contributed by atoms with Crippen LogP contribution in [0.1, 0.15) is 50.4 Å². The molecule has 8 heteroatoms. The highest BCUT2D eigenvalue weighted by molar-refractivity contribution is 5.93. The van der Waals surface area contributed by atoms with Crippen molar-refractivity contribution in [1.82, 2.24) is 29.4 Å². The van der Waals surface area contributed by atoms with Crippen LogP contribution in [0.3, 0.4) is 0 Å². The van der Waals surface area contributed by atoms with E-state index in [1.165, 1.54) is 4.80 Å². The molecule has 0 spiro atoms. The van der Waals surface area contributed by atoms with Gasteiger partial charge >= 0.3 is 0 Å². The maximum Gasteiger partial charge on any atom is 0.276 e. The molecule has 0 saturated carbocycles. The molecule has 1 aliphatic rings. The predicted molar refractivity (Wildman–Crippen MR) is 148 cm³/mol. The summed E-state index contributed by atoms with van der Waals surface area (Å²) in [6.45, 7) is 4.30. The van der Waals surface area contributed by atoms with Crippen LogP contribution >= 0.6 is 0 Å².